The van der Waals surface area contributed by atoms with Crippen LogP contribution in [0.1, 0.15) is 47.1 Å². The summed E-state index contributed by atoms with van der Waals surface area (Å²) in [5.74, 6) is 0.902. The summed E-state index contributed by atoms with van der Waals surface area (Å²) in [7, 11) is 1.57. The number of amides is 2. The molecule has 0 radical (unpaired) electrons. The Bertz CT molecular complexity index is 852. The summed E-state index contributed by atoms with van der Waals surface area (Å²) in [6, 6.07) is 8.38. The number of carbonyl (C=O) groups is 2. The van der Waals surface area contributed by atoms with Crippen LogP contribution in [-0.4, -0.2) is 38.7 Å². The molecule has 2 aromatic carbocycles. The summed E-state index contributed by atoms with van der Waals surface area (Å²) in [5, 5.41) is 5.46. The molecule has 0 aliphatic carbocycles. The fourth-order valence-corrected chi connectivity index (χ4v) is 2.80. The predicted octanol–water partition coefficient (Wildman–Crippen LogP) is 3.80. The van der Waals surface area contributed by atoms with E-state index in [2.05, 4.69) is 10.6 Å². The molecule has 2 N–H and O–H groups in total. The average molecular weight is 400 g/mol. The van der Waals surface area contributed by atoms with Gasteiger partial charge in [-0.15, -0.1) is 0 Å². The van der Waals surface area contributed by atoms with Crippen LogP contribution in [-0.2, 0) is 0 Å². The highest BCUT2D eigenvalue weighted by atomic mass is 16.5. The van der Waals surface area contributed by atoms with Gasteiger partial charge < -0.3 is 24.8 Å². The Morgan fingerprint density at radius 2 is 1.41 bits per heavy atom. The van der Waals surface area contributed by atoms with E-state index in [-0.39, 0.29) is 11.8 Å². The molecule has 156 valence electrons. The molecule has 2 rings (SSSR count). The van der Waals surface area contributed by atoms with Crippen LogP contribution in [0.15, 0.2) is 30.3 Å². The summed E-state index contributed by atoms with van der Waals surface area (Å²) in [6.45, 7) is 8.73. The highest BCUT2D eigenvalue weighted by molar-refractivity contribution is 6.06. The molecule has 0 aromatic heterocycles. The van der Waals surface area contributed by atoms with E-state index in [9.17, 15) is 9.59 Å². The van der Waals surface area contributed by atoms with Gasteiger partial charge in [-0.05, 0) is 63.6 Å². The minimum atomic E-state index is -0.314. The van der Waals surface area contributed by atoms with Gasteiger partial charge in [0.1, 0.15) is 0 Å². The van der Waals surface area contributed by atoms with Gasteiger partial charge in [0, 0.05) is 23.9 Å². The molecule has 0 saturated heterocycles. The van der Waals surface area contributed by atoms with Gasteiger partial charge in [-0.3, -0.25) is 9.59 Å². The topological polar surface area (TPSA) is 85.9 Å². The lowest BCUT2D eigenvalue weighted by molar-refractivity contribution is 0.0962. The van der Waals surface area contributed by atoms with Gasteiger partial charge >= 0.3 is 0 Å². The third-order valence-corrected chi connectivity index (χ3v) is 4.14. The largest absolute Gasteiger partial charge is 0.490 e. The summed E-state index contributed by atoms with van der Waals surface area (Å²) in [4.78, 5) is 24.6. The highest BCUT2D eigenvalue weighted by Gasteiger charge is 2.19. The van der Waals surface area contributed by atoms with Gasteiger partial charge in [-0.25, -0.2) is 0 Å². The smallest absolute Gasteiger partial charge is 0.255 e. The number of carbonyl (C=O) groups excluding carboxylic acids is 2. The van der Waals surface area contributed by atoms with Crippen LogP contribution in [0.4, 0.5) is 5.69 Å². The minimum absolute atomic E-state index is 0.180. The zero-order chi connectivity index (χ0) is 21.4. The molecule has 2 amide bonds. The quantitative estimate of drug-likeness (QED) is 0.669. The Morgan fingerprint density at radius 3 is 1.90 bits per heavy atom. The van der Waals surface area contributed by atoms with E-state index >= 15 is 0 Å². The molecule has 0 fully saturated rings. The van der Waals surface area contributed by atoms with Crippen molar-refractivity contribution in [2.75, 3.05) is 32.2 Å². The van der Waals surface area contributed by atoms with E-state index in [4.69, 9.17) is 14.2 Å². The van der Waals surface area contributed by atoms with Crippen LogP contribution in [0.5, 0.6) is 17.2 Å². The summed E-state index contributed by atoms with van der Waals surface area (Å²) in [5.41, 5.74) is 2.31. The van der Waals surface area contributed by atoms with E-state index in [0.717, 1.165) is 5.56 Å². The summed E-state index contributed by atoms with van der Waals surface area (Å²) in [6.07, 6.45) is 0. The third-order valence-electron chi connectivity index (χ3n) is 4.14. The van der Waals surface area contributed by atoms with E-state index < -0.39 is 0 Å². The van der Waals surface area contributed by atoms with Crippen molar-refractivity contribution in [3.05, 3.63) is 47.0 Å². The van der Waals surface area contributed by atoms with Crippen molar-refractivity contribution < 1.29 is 23.8 Å². The molecule has 0 spiro atoms. The molecule has 0 unspecified atom stereocenters. The predicted molar refractivity (Wildman–Crippen MR) is 112 cm³/mol. The molecule has 0 bridgehead atoms. The van der Waals surface area contributed by atoms with E-state index in [0.29, 0.717) is 53.9 Å². The van der Waals surface area contributed by atoms with Gasteiger partial charge in [0.15, 0.2) is 11.5 Å². The third kappa shape index (κ3) is 5.40. The van der Waals surface area contributed by atoms with Gasteiger partial charge in [-0.1, -0.05) is 0 Å². The van der Waals surface area contributed by atoms with Crippen LogP contribution in [0.3, 0.4) is 0 Å². The van der Waals surface area contributed by atoms with E-state index in [1.165, 1.54) is 0 Å². The van der Waals surface area contributed by atoms with Crippen molar-refractivity contribution in [1.29, 1.82) is 0 Å². The van der Waals surface area contributed by atoms with Gasteiger partial charge in [0.2, 0.25) is 5.75 Å². The molecular weight excluding hydrogens is 372 g/mol. The SMILES string of the molecule is CCOc1cc(C(=O)Nc2ccc(C(=O)NC)cc2C)cc(OCC)c1OCC. The fraction of sp³-hybridized carbons (Fsp3) is 0.364. The summed E-state index contributed by atoms with van der Waals surface area (Å²) < 4.78 is 17.0. The Morgan fingerprint density at radius 1 is 0.828 bits per heavy atom. The lowest BCUT2D eigenvalue weighted by Crippen LogP contribution is -2.18. The zero-order valence-corrected chi connectivity index (χ0v) is 17.5. The lowest BCUT2D eigenvalue weighted by atomic mass is 10.1. The van der Waals surface area contributed by atoms with Crippen molar-refractivity contribution in [2.45, 2.75) is 27.7 Å². The number of hydrogen-bond donors (Lipinski definition) is 2. The Hall–Kier alpha value is -3.22. The van der Waals surface area contributed by atoms with Crippen molar-refractivity contribution in [2.24, 2.45) is 0 Å². The van der Waals surface area contributed by atoms with Crippen molar-refractivity contribution in [1.82, 2.24) is 5.32 Å². The van der Waals surface area contributed by atoms with Crippen LogP contribution in [0.25, 0.3) is 0 Å². The second kappa shape index (κ2) is 10.4. The van der Waals surface area contributed by atoms with Crippen LogP contribution < -0.4 is 24.8 Å². The first-order valence-corrected chi connectivity index (χ1v) is 9.65. The number of benzene rings is 2. The zero-order valence-electron chi connectivity index (χ0n) is 17.5. The lowest BCUT2D eigenvalue weighted by Gasteiger charge is -2.17. The monoisotopic (exact) mass is 400 g/mol. The maximum absolute atomic E-state index is 12.9. The molecule has 7 nitrogen and oxygen atoms in total. The number of anilines is 1. The first kappa shape index (κ1) is 22.1. The standard InChI is InChI=1S/C22H28N2O5/c1-6-27-18-12-16(13-19(28-7-2)20(18)29-8-3)22(26)24-17-10-9-15(11-14(17)4)21(25)23-5/h9-13H,6-8H2,1-5H3,(H,23,25)(H,24,26). The first-order chi connectivity index (χ1) is 13.9. The van der Waals surface area contributed by atoms with E-state index in [1.807, 2.05) is 27.7 Å². The molecular formula is C22H28N2O5. The molecule has 2 aromatic rings. The van der Waals surface area contributed by atoms with Gasteiger partial charge in [0.05, 0.1) is 19.8 Å². The van der Waals surface area contributed by atoms with Gasteiger partial charge in [-0.2, -0.15) is 0 Å². The molecule has 29 heavy (non-hydrogen) atoms. The van der Waals surface area contributed by atoms with Gasteiger partial charge in [0.25, 0.3) is 11.8 Å². The van der Waals surface area contributed by atoms with Crippen LogP contribution >= 0.6 is 0 Å². The second-order valence-corrected chi connectivity index (χ2v) is 6.16. The van der Waals surface area contributed by atoms with E-state index in [1.54, 1.807) is 37.4 Å². The Balaban J connectivity index is 2.35. The molecule has 7 heteroatoms. The van der Waals surface area contributed by atoms with Crippen molar-refractivity contribution in [3.63, 3.8) is 0 Å². The maximum atomic E-state index is 12.9. The van der Waals surface area contributed by atoms with Crippen LogP contribution in [0.2, 0.25) is 0 Å². The second-order valence-electron chi connectivity index (χ2n) is 6.16. The van der Waals surface area contributed by atoms with Crippen molar-refractivity contribution in [3.8, 4) is 17.2 Å². The Labute approximate surface area is 171 Å². The molecule has 0 aliphatic heterocycles. The summed E-state index contributed by atoms with van der Waals surface area (Å²) >= 11 is 0. The first-order valence-electron chi connectivity index (χ1n) is 9.65. The number of ether oxygens (including phenoxy) is 3. The Kier molecular flexibility index (Phi) is 7.88. The average Bonchev–Trinajstić information content (AvgIpc) is 2.71. The van der Waals surface area contributed by atoms with Crippen molar-refractivity contribution >= 4 is 17.5 Å². The highest BCUT2D eigenvalue weighted by Crippen LogP contribution is 2.39. The van der Waals surface area contributed by atoms with Crippen LogP contribution in [0, 0.1) is 6.92 Å². The molecule has 0 atom stereocenters. The number of aryl methyl sites for hydroxylation is 1. The minimum Gasteiger partial charge on any atom is -0.490 e. The number of nitrogens with one attached hydrogen (secondary N) is 2. The fourth-order valence-electron chi connectivity index (χ4n) is 2.80. The molecule has 0 heterocycles. The normalized spacial score (nSPS) is 10.2. The molecule has 0 saturated carbocycles. The number of rotatable bonds is 9. The maximum Gasteiger partial charge on any atom is 0.255 e. The number of hydrogen-bond acceptors (Lipinski definition) is 5. The molecule has 0 aliphatic rings.